The SMILES string of the molecule is CC(C)(C)c1c(Cl)nc(OCc2ccccc2)nc1OCc1ccccc1. The number of hydrogen-bond donors (Lipinski definition) is 0. The molecule has 0 aliphatic carbocycles. The molecule has 0 saturated heterocycles. The summed E-state index contributed by atoms with van der Waals surface area (Å²) in [4.78, 5) is 8.81. The van der Waals surface area contributed by atoms with Crippen LogP contribution in [0.1, 0.15) is 37.5 Å². The summed E-state index contributed by atoms with van der Waals surface area (Å²) >= 11 is 6.47. The molecule has 0 spiro atoms. The van der Waals surface area contributed by atoms with Gasteiger partial charge in [0.05, 0.1) is 5.56 Å². The van der Waals surface area contributed by atoms with E-state index in [4.69, 9.17) is 21.1 Å². The fourth-order valence-electron chi connectivity index (χ4n) is 2.64. The van der Waals surface area contributed by atoms with Gasteiger partial charge in [-0.25, -0.2) is 0 Å². The Bertz CT molecular complexity index is 878. The Morgan fingerprint density at radius 3 is 1.81 bits per heavy atom. The normalized spacial score (nSPS) is 11.3. The van der Waals surface area contributed by atoms with Crippen LogP contribution in [0.25, 0.3) is 0 Å². The molecule has 0 N–H and O–H groups in total. The molecule has 0 amide bonds. The lowest BCUT2D eigenvalue weighted by Crippen LogP contribution is -2.17. The molecule has 3 rings (SSSR count). The van der Waals surface area contributed by atoms with E-state index in [0.717, 1.165) is 16.7 Å². The highest BCUT2D eigenvalue weighted by Crippen LogP contribution is 2.36. The van der Waals surface area contributed by atoms with E-state index in [1.54, 1.807) is 0 Å². The summed E-state index contributed by atoms with van der Waals surface area (Å²) in [6, 6.07) is 20.0. The number of ether oxygens (including phenoxy) is 2. The quantitative estimate of drug-likeness (QED) is 0.521. The Kier molecular flexibility index (Phi) is 5.97. The average molecular weight is 383 g/mol. The summed E-state index contributed by atoms with van der Waals surface area (Å²) in [7, 11) is 0. The first kappa shape index (κ1) is 19.2. The van der Waals surface area contributed by atoms with Gasteiger partial charge in [0, 0.05) is 0 Å². The van der Waals surface area contributed by atoms with Crippen molar-refractivity contribution >= 4 is 11.6 Å². The third-order valence-electron chi connectivity index (χ3n) is 3.99. The van der Waals surface area contributed by atoms with Crippen LogP contribution >= 0.6 is 11.6 Å². The van der Waals surface area contributed by atoms with Crippen molar-refractivity contribution in [3.05, 3.63) is 82.5 Å². The molecule has 5 heteroatoms. The van der Waals surface area contributed by atoms with Crippen LogP contribution in [0, 0.1) is 0 Å². The fourth-order valence-corrected chi connectivity index (χ4v) is 3.08. The van der Waals surface area contributed by atoms with Gasteiger partial charge in [-0.05, 0) is 16.5 Å². The zero-order valence-electron chi connectivity index (χ0n) is 15.8. The lowest BCUT2D eigenvalue weighted by atomic mass is 9.88. The van der Waals surface area contributed by atoms with Crippen LogP contribution in [0.4, 0.5) is 0 Å². The van der Waals surface area contributed by atoms with Crippen LogP contribution in [0.5, 0.6) is 11.9 Å². The maximum atomic E-state index is 6.47. The Labute approximate surface area is 165 Å². The summed E-state index contributed by atoms with van der Waals surface area (Å²) in [6.07, 6.45) is 0. The van der Waals surface area contributed by atoms with Crippen molar-refractivity contribution in [3.63, 3.8) is 0 Å². The van der Waals surface area contributed by atoms with E-state index in [9.17, 15) is 0 Å². The minimum atomic E-state index is -0.263. The molecule has 140 valence electrons. The van der Waals surface area contributed by atoms with Gasteiger partial charge in [-0.15, -0.1) is 0 Å². The zero-order valence-corrected chi connectivity index (χ0v) is 16.5. The van der Waals surface area contributed by atoms with Gasteiger partial charge in [0.1, 0.15) is 18.4 Å². The van der Waals surface area contributed by atoms with Crippen molar-refractivity contribution in [1.29, 1.82) is 0 Å². The Morgan fingerprint density at radius 1 is 0.778 bits per heavy atom. The number of aromatic nitrogens is 2. The van der Waals surface area contributed by atoms with Crippen molar-refractivity contribution < 1.29 is 9.47 Å². The Hall–Kier alpha value is -2.59. The van der Waals surface area contributed by atoms with Crippen LogP contribution in [0.3, 0.4) is 0 Å². The molecule has 1 aromatic heterocycles. The highest BCUT2D eigenvalue weighted by atomic mass is 35.5. The van der Waals surface area contributed by atoms with Crippen LogP contribution in [0.15, 0.2) is 60.7 Å². The van der Waals surface area contributed by atoms with Crippen LogP contribution in [-0.2, 0) is 18.6 Å². The monoisotopic (exact) mass is 382 g/mol. The molecule has 0 bridgehead atoms. The maximum Gasteiger partial charge on any atom is 0.321 e. The topological polar surface area (TPSA) is 44.2 Å². The van der Waals surface area contributed by atoms with Gasteiger partial charge in [0.2, 0.25) is 5.88 Å². The lowest BCUT2D eigenvalue weighted by Gasteiger charge is -2.23. The van der Waals surface area contributed by atoms with E-state index in [1.807, 2.05) is 60.7 Å². The molecule has 27 heavy (non-hydrogen) atoms. The number of benzene rings is 2. The van der Waals surface area contributed by atoms with Gasteiger partial charge in [-0.1, -0.05) is 93.0 Å². The fraction of sp³-hybridized carbons (Fsp3) is 0.273. The van der Waals surface area contributed by atoms with E-state index in [2.05, 4.69) is 30.7 Å². The molecule has 0 fully saturated rings. The summed E-state index contributed by atoms with van der Waals surface area (Å²) in [5.74, 6) is 0.453. The second-order valence-corrected chi connectivity index (χ2v) is 7.63. The molecule has 0 aliphatic heterocycles. The summed E-state index contributed by atoms with van der Waals surface area (Å²) < 4.78 is 11.8. The first-order valence-corrected chi connectivity index (χ1v) is 9.23. The van der Waals surface area contributed by atoms with Gasteiger partial charge < -0.3 is 9.47 Å². The molecule has 2 aromatic carbocycles. The number of nitrogens with zero attached hydrogens (tertiary/aromatic N) is 2. The maximum absolute atomic E-state index is 6.47. The molecule has 4 nitrogen and oxygen atoms in total. The van der Waals surface area contributed by atoms with E-state index in [1.165, 1.54) is 0 Å². The Morgan fingerprint density at radius 2 is 1.30 bits per heavy atom. The Balaban J connectivity index is 1.84. The highest BCUT2D eigenvalue weighted by molar-refractivity contribution is 6.30. The van der Waals surface area contributed by atoms with Crippen LogP contribution < -0.4 is 9.47 Å². The molecule has 0 radical (unpaired) electrons. The first-order chi connectivity index (χ1) is 12.9. The van der Waals surface area contributed by atoms with Gasteiger partial charge in [-0.3, -0.25) is 0 Å². The van der Waals surface area contributed by atoms with Crippen molar-refractivity contribution in [3.8, 4) is 11.9 Å². The van der Waals surface area contributed by atoms with Crippen molar-refractivity contribution in [2.75, 3.05) is 0 Å². The van der Waals surface area contributed by atoms with Gasteiger partial charge >= 0.3 is 6.01 Å². The van der Waals surface area contributed by atoms with Crippen molar-refractivity contribution in [2.24, 2.45) is 0 Å². The molecule has 0 saturated carbocycles. The lowest BCUT2D eigenvalue weighted by molar-refractivity contribution is 0.253. The molecular formula is C22H23ClN2O2. The third-order valence-corrected chi connectivity index (χ3v) is 4.26. The molecule has 1 heterocycles. The highest BCUT2D eigenvalue weighted by Gasteiger charge is 2.26. The standard InChI is InChI=1S/C22H23ClN2O2/c1-22(2,3)18-19(23)24-21(27-15-17-12-8-5-9-13-17)25-20(18)26-14-16-10-6-4-7-11-16/h4-13H,14-15H2,1-3H3. The molecular weight excluding hydrogens is 360 g/mol. The van der Waals surface area contributed by atoms with Crippen molar-refractivity contribution in [1.82, 2.24) is 9.97 Å². The summed E-state index contributed by atoms with van der Waals surface area (Å²) in [5.41, 5.74) is 2.59. The number of hydrogen-bond acceptors (Lipinski definition) is 4. The second kappa shape index (κ2) is 8.40. The predicted octanol–water partition coefficient (Wildman–Crippen LogP) is 5.59. The third kappa shape index (κ3) is 5.20. The largest absolute Gasteiger partial charge is 0.472 e. The smallest absolute Gasteiger partial charge is 0.321 e. The van der Waals surface area contributed by atoms with Gasteiger partial charge in [0.15, 0.2) is 0 Å². The van der Waals surface area contributed by atoms with Gasteiger partial charge in [-0.2, -0.15) is 9.97 Å². The minimum absolute atomic E-state index is 0.208. The zero-order chi connectivity index (χ0) is 19.3. The molecule has 0 unspecified atom stereocenters. The van der Waals surface area contributed by atoms with E-state index < -0.39 is 0 Å². The van der Waals surface area contributed by atoms with E-state index >= 15 is 0 Å². The predicted molar refractivity (Wildman–Crippen MR) is 107 cm³/mol. The number of halogens is 1. The minimum Gasteiger partial charge on any atom is -0.472 e. The van der Waals surface area contributed by atoms with Crippen molar-refractivity contribution in [2.45, 2.75) is 39.4 Å². The average Bonchev–Trinajstić information content (AvgIpc) is 2.65. The molecule has 0 atom stereocenters. The first-order valence-electron chi connectivity index (χ1n) is 8.85. The molecule has 3 aromatic rings. The van der Waals surface area contributed by atoms with E-state index in [-0.39, 0.29) is 11.4 Å². The summed E-state index contributed by atoms with van der Waals surface area (Å²) in [5, 5.41) is 0.351. The van der Waals surface area contributed by atoms with E-state index in [0.29, 0.717) is 24.2 Å². The number of rotatable bonds is 6. The summed E-state index contributed by atoms with van der Waals surface area (Å²) in [6.45, 7) is 6.92. The van der Waals surface area contributed by atoms with Gasteiger partial charge in [0.25, 0.3) is 0 Å². The second-order valence-electron chi connectivity index (χ2n) is 7.28. The molecule has 0 aliphatic rings. The van der Waals surface area contributed by atoms with Crippen LogP contribution in [0.2, 0.25) is 5.15 Å². The van der Waals surface area contributed by atoms with Crippen LogP contribution in [-0.4, -0.2) is 9.97 Å².